The first-order valence-corrected chi connectivity index (χ1v) is 14.0. The van der Waals surface area contributed by atoms with Crippen LogP contribution in [0.2, 0.25) is 0 Å². The molecule has 1 N–H and O–H groups in total. The summed E-state index contributed by atoms with van der Waals surface area (Å²) in [7, 11) is 2.15. The SMILES string of the molecule is CN1CCN(c2ccc(Nc3nccc(-c4ccc(OC5CCN(C(=O)OC(C)(C)C)C5)c(C#N)c4)n3)cc2)CC1. The van der Waals surface area contributed by atoms with E-state index in [-0.39, 0.29) is 12.2 Å². The number of carbonyl (C=O) groups excluding carboxylic acids is 1. The molecule has 0 saturated carbocycles. The number of anilines is 3. The maximum atomic E-state index is 12.4. The van der Waals surface area contributed by atoms with Crippen molar-refractivity contribution in [2.45, 2.75) is 38.9 Å². The maximum Gasteiger partial charge on any atom is 0.410 e. The first kappa shape index (κ1) is 28.2. The van der Waals surface area contributed by atoms with Gasteiger partial charge >= 0.3 is 6.09 Å². The molecule has 0 bridgehead atoms. The van der Waals surface area contributed by atoms with E-state index in [2.05, 4.69) is 50.3 Å². The Morgan fingerprint density at radius 2 is 1.80 bits per heavy atom. The Bertz CT molecular complexity index is 1410. The third-order valence-corrected chi connectivity index (χ3v) is 7.13. The summed E-state index contributed by atoms with van der Waals surface area (Å²) in [6, 6.07) is 17.8. The second kappa shape index (κ2) is 12.0. The van der Waals surface area contributed by atoms with E-state index in [4.69, 9.17) is 9.47 Å². The van der Waals surface area contributed by atoms with Crippen LogP contribution in [0.15, 0.2) is 54.7 Å². The number of ether oxygens (including phenoxy) is 2. The zero-order valence-electron chi connectivity index (χ0n) is 24.1. The molecule has 41 heavy (non-hydrogen) atoms. The van der Waals surface area contributed by atoms with E-state index in [1.165, 1.54) is 5.69 Å². The fourth-order valence-electron chi connectivity index (χ4n) is 4.90. The van der Waals surface area contributed by atoms with E-state index >= 15 is 0 Å². The molecule has 10 heteroatoms. The van der Waals surface area contributed by atoms with E-state index in [1.807, 2.05) is 45.0 Å². The van der Waals surface area contributed by atoms with Crippen molar-refractivity contribution in [2.24, 2.45) is 0 Å². The molecule has 0 spiro atoms. The lowest BCUT2D eigenvalue weighted by molar-refractivity contribution is 0.0275. The number of piperazine rings is 1. The number of nitrogens with zero attached hydrogens (tertiary/aromatic N) is 6. The normalized spacial score (nSPS) is 17.7. The number of benzene rings is 2. The zero-order chi connectivity index (χ0) is 29.0. The van der Waals surface area contributed by atoms with Crippen molar-refractivity contribution in [1.82, 2.24) is 19.8 Å². The van der Waals surface area contributed by atoms with Crippen molar-refractivity contribution in [3.63, 3.8) is 0 Å². The quantitative estimate of drug-likeness (QED) is 0.454. The molecule has 214 valence electrons. The largest absolute Gasteiger partial charge is 0.487 e. The number of nitrogens with one attached hydrogen (secondary N) is 1. The van der Waals surface area contributed by atoms with Gasteiger partial charge in [0, 0.05) is 62.3 Å². The summed E-state index contributed by atoms with van der Waals surface area (Å²) in [6.45, 7) is 10.7. The lowest BCUT2D eigenvalue weighted by atomic mass is 10.1. The van der Waals surface area contributed by atoms with Crippen LogP contribution in [-0.4, -0.2) is 83.9 Å². The molecule has 1 unspecified atom stereocenters. The third kappa shape index (κ3) is 7.24. The molecule has 1 amide bonds. The Balaban J connectivity index is 1.22. The van der Waals surface area contributed by atoms with Gasteiger partial charge in [-0.25, -0.2) is 14.8 Å². The van der Waals surface area contributed by atoms with Gasteiger partial charge in [-0.3, -0.25) is 0 Å². The molecule has 2 saturated heterocycles. The second-order valence-corrected chi connectivity index (χ2v) is 11.5. The highest BCUT2D eigenvalue weighted by Crippen LogP contribution is 2.29. The molecule has 2 fully saturated rings. The zero-order valence-corrected chi connectivity index (χ0v) is 24.1. The van der Waals surface area contributed by atoms with Crippen LogP contribution >= 0.6 is 0 Å². The Morgan fingerprint density at radius 3 is 2.51 bits per heavy atom. The Morgan fingerprint density at radius 1 is 1.05 bits per heavy atom. The van der Waals surface area contributed by atoms with E-state index in [9.17, 15) is 10.1 Å². The van der Waals surface area contributed by atoms with Crippen LogP contribution in [-0.2, 0) is 4.74 Å². The molecule has 2 aliphatic rings. The van der Waals surface area contributed by atoms with Gasteiger partial charge in [-0.2, -0.15) is 5.26 Å². The molecule has 5 rings (SSSR count). The Kier molecular flexibility index (Phi) is 8.26. The number of nitriles is 1. The second-order valence-electron chi connectivity index (χ2n) is 11.5. The molecule has 2 aromatic carbocycles. The average Bonchev–Trinajstić information content (AvgIpc) is 3.42. The predicted octanol–water partition coefficient (Wildman–Crippen LogP) is 4.90. The van der Waals surface area contributed by atoms with Gasteiger partial charge in [-0.15, -0.1) is 0 Å². The van der Waals surface area contributed by atoms with Crippen LogP contribution in [0.25, 0.3) is 11.3 Å². The number of hydrogen-bond donors (Lipinski definition) is 1. The summed E-state index contributed by atoms with van der Waals surface area (Å²) in [5.41, 5.74) is 3.44. The van der Waals surface area contributed by atoms with Crippen LogP contribution in [0.4, 0.5) is 22.1 Å². The van der Waals surface area contributed by atoms with Crippen molar-refractivity contribution in [2.75, 3.05) is 56.5 Å². The van der Waals surface area contributed by atoms with Crippen LogP contribution < -0.4 is 15.0 Å². The van der Waals surface area contributed by atoms with Crippen LogP contribution in [0.5, 0.6) is 5.75 Å². The number of hydrogen-bond acceptors (Lipinski definition) is 9. The number of rotatable bonds is 6. The lowest BCUT2D eigenvalue weighted by Gasteiger charge is -2.34. The van der Waals surface area contributed by atoms with Crippen LogP contribution in [0, 0.1) is 11.3 Å². The van der Waals surface area contributed by atoms with Gasteiger partial charge in [-0.05, 0) is 76.3 Å². The highest BCUT2D eigenvalue weighted by atomic mass is 16.6. The molecular weight excluding hydrogens is 518 g/mol. The fourth-order valence-corrected chi connectivity index (χ4v) is 4.90. The van der Waals surface area contributed by atoms with E-state index in [0.717, 1.165) is 37.4 Å². The van der Waals surface area contributed by atoms with Crippen molar-refractivity contribution in [3.8, 4) is 23.1 Å². The minimum absolute atomic E-state index is 0.210. The number of carbonyl (C=O) groups is 1. The van der Waals surface area contributed by atoms with Gasteiger partial charge in [0.2, 0.25) is 5.95 Å². The van der Waals surface area contributed by atoms with Crippen LogP contribution in [0.1, 0.15) is 32.8 Å². The van der Waals surface area contributed by atoms with Crippen molar-refractivity contribution in [1.29, 1.82) is 5.26 Å². The van der Waals surface area contributed by atoms with Gasteiger partial charge in [0.25, 0.3) is 0 Å². The predicted molar refractivity (Wildman–Crippen MR) is 158 cm³/mol. The topological polar surface area (TPSA) is 107 Å². The number of aromatic nitrogens is 2. The molecule has 0 radical (unpaired) electrons. The van der Waals surface area contributed by atoms with Crippen molar-refractivity contribution in [3.05, 3.63) is 60.3 Å². The molecule has 1 atom stereocenters. The minimum atomic E-state index is -0.550. The highest BCUT2D eigenvalue weighted by Gasteiger charge is 2.31. The van der Waals surface area contributed by atoms with E-state index in [0.29, 0.717) is 42.5 Å². The number of likely N-dealkylation sites (N-methyl/N-ethyl adjacent to an activating group) is 1. The molecule has 10 nitrogen and oxygen atoms in total. The smallest absolute Gasteiger partial charge is 0.410 e. The van der Waals surface area contributed by atoms with Gasteiger partial charge in [-0.1, -0.05) is 0 Å². The fraction of sp³-hybridized carbons (Fsp3) is 0.419. The molecule has 0 aliphatic carbocycles. The van der Waals surface area contributed by atoms with Gasteiger partial charge in [0.15, 0.2) is 0 Å². The van der Waals surface area contributed by atoms with Gasteiger partial charge < -0.3 is 29.5 Å². The summed E-state index contributed by atoms with van der Waals surface area (Å²) in [4.78, 5) is 27.8. The summed E-state index contributed by atoms with van der Waals surface area (Å²) in [6.07, 6.45) is 1.81. The van der Waals surface area contributed by atoms with Crippen LogP contribution in [0.3, 0.4) is 0 Å². The molecule has 2 aliphatic heterocycles. The van der Waals surface area contributed by atoms with E-state index < -0.39 is 5.60 Å². The lowest BCUT2D eigenvalue weighted by Crippen LogP contribution is -2.44. The van der Waals surface area contributed by atoms with E-state index in [1.54, 1.807) is 23.2 Å². The maximum absolute atomic E-state index is 12.4. The monoisotopic (exact) mass is 555 g/mol. The first-order chi connectivity index (χ1) is 19.7. The highest BCUT2D eigenvalue weighted by molar-refractivity contribution is 5.69. The number of likely N-dealkylation sites (tertiary alicyclic amines) is 1. The van der Waals surface area contributed by atoms with Gasteiger partial charge in [0.05, 0.1) is 17.8 Å². The number of amides is 1. The summed E-state index contributed by atoms with van der Waals surface area (Å²) in [5.74, 6) is 0.960. The first-order valence-electron chi connectivity index (χ1n) is 14.0. The summed E-state index contributed by atoms with van der Waals surface area (Å²) in [5, 5.41) is 13.1. The Labute approximate surface area is 241 Å². The van der Waals surface area contributed by atoms with Crippen molar-refractivity contribution >= 4 is 23.4 Å². The van der Waals surface area contributed by atoms with Crippen molar-refractivity contribution < 1.29 is 14.3 Å². The molecule has 3 aromatic rings. The molecule has 1 aromatic heterocycles. The Hall–Kier alpha value is -4.36. The molecular formula is C31H37N7O3. The summed E-state index contributed by atoms with van der Waals surface area (Å²) < 4.78 is 11.6. The minimum Gasteiger partial charge on any atom is -0.487 e. The molecule has 3 heterocycles. The average molecular weight is 556 g/mol. The summed E-state index contributed by atoms with van der Waals surface area (Å²) >= 11 is 0. The standard InChI is InChI=1S/C31H37N7O3/c1-31(2,3)41-30(39)38-14-12-26(21-38)40-28-10-5-22(19-23(28)20-32)27-11-13-33-29(35-27)34-24-6-8-25(9-7-24)37-17-15-36(4)16-18-37/h5-11,13,19,26H,12,14-18,21H2,1-4H3,(H,33,34,35). The van der Waals surface area contributed by atoms with Gasteiger partial charge in [0.1, 0.15) is 23.5 Å². The third-order valence-electron chi connectivity index (χ3n) is 7.13.